The van der Waals surface area contributed by atoms with Crippen LogP contribution in [0.1, 0.15) is 93.3 Å². The van der Waals surface area contributed by atoms with Crippen molar-refractivity contribution < 1.29 is 67.1 Å². The van der Waals surface area contributed by atoms with E-state index in [0.29, 0.717) is 5.56 Å². The number of ketones is 1. The van der Waals surface area contributed by atoms with Crippen LogP contribution in [0.15, 0.2) is 94.6 Å². The Hall–Kier alpha value is -5.64. The standard InChI is InChI=1S/C45H49NO14/c1-24-30(58-41(53)34(49)33(27-14-9-7-10-15-27)46-39(51)29-18-13-21-55-29)22-45(54)38(59-40(52)28-16-11-8-12-17-28)36-43(6,20-19-31-44(36,23-56-31)60-26(3)48)37(50)35(57-25(2)47)32(24)42(45,4)5/h7-18,21,30-31,33-36,38,49,54H,19-20,22-23H2,1-6H3,(H,46,51)/t30-,31+,33-,34+,35+,36?,38?,43+,44-,45+/m0/s1. The number of aliphatic hydroxyl groups excluding tert-OH is 1. The zero-order valence-corrected chi connectivity index (χ0v) is 34.2. The van der Waals surface area contributed by atoms with Gasteiger partial charge in [0, 0.05) is 31.1 Å². The molecule has 2 heterocycles. The van der Waals surface area contributed by atoms with Crippen molar-refractivity contribution in [1.82, 2.24) is 5.32 Å². The average molecular weight is 828 g/mol. The van der Waals surface area contributed by atoms with Crippen molar-refractivity contribution in [1.29, 1.82) is 0 Å². The fraction of sp³-hybridized carbons (Fsp3) is 0.467. The van der Waals surface area contributed by atoms with Gasteiger partial charge in [-0.1, -0.05) is 69.3 Å². The lowest BCUT2D eigenvalue weighted by atomic mass is 9.45. The Morgan fingerprint density at radius 2 is 1.55 bits per heavy atom. The first-order chi connectivity index (χ1) is 28.4. The lowest BCUT2D eigenvalue weighted by molar-refractivity contribution is -0.332. The fourth-order valence-electron chi connectivity index (χ4n) is 10.0. The fourth-order valence-corrected chi connectivity index (χ4v) is 10.0. The molecule has 318 valence electrons. The summed E-state index contributed by atoms with van der Waals surface area (Å²) in [5.41, 5.74) is -6.20. The van der Waals surface area contributed by atoms with Crippen molar-refractivity contribution in [3.8, 4) is 0 Å². The number of fused-ring (bicyclic) bond motifs is 5. The third-order valence-corrected chi connectivity index (χ3v) is 13.1. The molecular formula is C45H49NO14. The molecule has 4 aliphatic rings. The number of hydrogen-bond donors (Lipinski definition) is 3. The quantitative estimate of drug-likeness (QED) is 0.147. The molecule has 15 heteroatoms. The third-order valence-electron chi connectivity index (χ3n) is 13.1. The van der Waals surface area contributed by atoms with Crippen LogP contribution >= 0.6 is 0 Å². The molecular weight excluding hydrogens is 778 g/mol. The van der Waals surface area contributed by atoms with Crippen molar-refractivity contribution in [3.63, 3.8) is 0 Å². The summed E-state index contributed by atoms with van der Waals surface area (Å²) in [7, 11) is 0. The second-order valence-corrected chi connectivity index (χ2v) is 16.9. The number of nitrogens with one attached hydrogen (secondary N) is 1. The van der Waals surface area contributed by atoms with Gasteiger partial charge in [0.05, 0.1) is 30.4 Å². The minimum atomic E-state index is -2.27. The van der Waals surface area contributed by atoms with Gasteiger partial charge in [-0.25, -0.2) is 9.59 Å². The van der Waals surface area contributed by atoms with Crippen LogP contribution in [0.3, 0.4) is 0 Å². The molecule has 60 heavy (non-hydrogen) atoms. The minimum absolute atomic E-state index is 0.0773. The highest BCUT2D eigenvalue weighted by molar-refractivity contribution is 5.95. The van der Waals surface area contributed by atoms with Gasteiger partial charge in [-0.15, -0.1) is 0 Å². The van der Waals surface area contributed by atoms with Crippen molar-refractivity contribution in [2.75, 3.05) is 6.61 Å². The number of furan rings is 1. The number of hydrogen-bond acceptors (Lipinski definition) is 14. The maximum absolute atomic E-state index is 15.4. The molecule has 1 saturated heterocycles. The summed E-state index contributed by atoms with van der Waals surface area (Å²) in [6.45, 7) is 8.57. The van der Waals surface area contributed by atoms with Gasteiger partial charge >= 0.3 is 23.9 Å². The van der Waals surface area contributed by atoms with Crippen molar-refractivity contribution >= 4 is 35.6 Å². The van der Waals surface area contributed by atoms with E-state index in [1.165, 1.54) is 37.5 Å². The average Bonchev–Trinajstić information content (AvgIpc) is 3.75. The Morgan fingerprint density at radius 1 is 0.883 bits per heavy atom. The molecule has 2 aromatic carbocycles. The highest BCUT2D eigenvalue weighted by atomic mass is 16.6. The van der Waals surface area contributed by atoms with E-state index in [-0.39, 0.29) is 41.9 Å². The molecule has 2 saturated carbocycles. The molecule has 1 aliphatic heterocycles. The summed E-state index contributed by atoms with van der Waals surface area (Å²) < 4.78 is 35.7. The smallest absolute Gasteiger partial charge is 0.338 e. The first-order valence-corrected chi connectivity index (χ1v) is 19.9. The van der Waals surface area contributed by atoms with Gasteiger partial charge in [-0.3, -0.25) is 19.2 Å². The van der Waals surface area contributed by atoms with Gasteiger partial charge in [0.15, 0.2) is 29.4 Å². The highest BCUT2D eigenvalue weighted by Gasteiger charge is 2.76. The first kappa shape index (κ1) is 42.5. The molecule has 15 nitrogen and oxygen atoms in total. The van der Waals surface area contributed by atoms with Crippen LogP contribution in [0.25, 0.3) is 0 Å². The second kappa shape index (κ2) is 15.8. The van der Waals surface area contributed by atoms with E-state index in [0.717, 1.165) is 6.92 Å². The zero-order chi connectivity index (χ0) is 43.4. The Labute approximate surface area is 346 Å². The molecule has 0 radical (unpaired) electrons. The Kier molecular flexibility index (Phi) is 11.2. The van der Waals surface area contributed by atoms with Gasteiger partial charge < -0.3 is 43.6 Å². The molecule has 1 amide bonds. The Bertz CT molecular complexity index is 2200. The Morgan fingerprint density at radius 3 is 2.13 bits per heavy atom. The number of aliphatic hydroxyl groups is 2. The van der Waals surface area contributed by atoms with Crippen LogP contribution < -0.4 is 5.32 Å². The van der Waals surface area contributed by atoms with E-state index in [1.54, 1.807) is 76.2 Å². The van der Waals surface area contributed by atoms with Crippen LogP contribution in [-0.4, -0.2) is 94.1 Å². The molecule has 1 aromatic heterocycles. The van der Waals surface area contributed by atoms with Crippen LogP contribution in [0.4, 0.5) is 0 Å². The molecule has 3 aliphatic carbocycles. The Balaban J connectivity index is 1.38. The van der Waals surface area contributed by atoms with Gasteiger partial charge in [0.1, 0.15) is 23.9 Å². The molecule has 3 N–H and O–H groups in total. The molecule has 3 fully saturated rings. The molecule has 7 rings (SSSR count). The van der Waals surface area contributed by atoms with Crippen molar-refractivity contribution in [3.05, 3.63) is 107 Å². The summed E-state index contributed by atoms with van der Waals surface area (Å²) in [5.74, 6) is -6.29. The van der Waals surface area contributed by atoms with Gasteiger partial charge in [0.25, 0.3) is 5.91 Å². The van der Waals surface area contributed by atoms with Gasteiger partial charge in [0.2, 0.25) is 0 Å². The lowest BCUT2D eigenvalue weighted by Gasteiger charge is -2.66. The summed E-state index contributed by atoms with van der Waals surface area (Å²) in [4.78, 5) is 82.9. The normalized spacial score (nSPS) is 31.3. The summed E-state index contributed by atoms with van der Waals surface area (Å²) in [6.07, 6.45) is -6.34. The molecule has 0 spiro atoms. The van der Waals surface area contributed by atoms with Crippen LogP contribution in [0.2, 0.25) is 0 Å². The topological polar surface area (TPSA) is 214 Å². The largest absolute Gasteiger partial charge is 0.459 e. The monoisotopic (exact) mass is 827 g/mol. The lowest BCUT2D eigenvalue weighted by Crippen LogP contribution is -2.79. The maximum Gasteiger partial charge on any atom is 0.338 e. The first-order valence-electron chi connectivity index (χ1n) is 19.9. The number of Topliss-reactive ketones (excluding diaryl/α,β-unsaturated/α-hetero) is 1. The minimum Gasteiger partial charge on any atom is -0.459 e. The van der Waals surface area contributed by atoms with E-state index in [2.05, 4.69) is 5.32 Å². The number of benzene rings is 2. The number of carbonyl (C=O) groups excluding carboxylic acids is 6. The van der Waals surface area contributed by atoms with Crippen molar-refractivity contribution in [2.24, 2.45) is 16.7 Å². The van der Waals surface area contributed by atoms with Gasteiger partial charge in [-0.2, -0.15) is 0 Å². The number of rotatable bonds is 10. The summed E-state index contributed by atoms with van der Waals surface area (Å²) in [5, 5.41) is 28.0. The van der Waals surface area contributed by atoms with Crippen LogP contribution in [0, 0.1) is 16.7 Å². The number of carbonyl (C=O) groups is 6. The van der Waals surface area contributed by atoms with E-state index in [4.69, 9.17) is 28.1 Å². The zero-order valence-electron chi connectivity index (χ0n) is 34.2. The predicted octanol–water partition coefficient (Wildman–Crippen LogP) is 4.36. The summed E-state index contributed by atoms with van der Waals surface area (Å²) in [6, 6.07) is 17.8. The van der Waals surface area contributed by atoms with E-state index >= 15 is 4.79 Å². The van der Waals surface area contributed by atoms with Gasteiger partial charge in [-0.05, 0) is 60.7 Å². The van der Waals surface area contributed by atoms with Crippen LogP contribution in [0.5, 0.6) is 0 Å². The molecule has 2 unspecified atom stereocenters. The number of amides is 1. The predicted molar refractivity (Wildman–Crippen MR) is 209 cm³/mol. The highest BCUT2D eigenvalue weighted by Crippen LogP contribution is 2.64. The SMILES string of the molecule is CC(=O)O[C@H]1C(=O)[C@]2(C)CC[C@H]3OC[C@@]3(OC(C)=O)C2C(OC(=O)c2ccccc2)[C@]2(O)C[C@H](OC(=O)[C@H](O)[C@@H](NC(=O)c3ccco3)c3ccccc3)C(C)=C1C2(C)C. The number of ether oxygens (including phenoxy) is 5. The van der Waals surface area contributed by atoms with E-state index in [1.807, 2.05) is 0 Å². The van der Waals surface area contributed by atoms with Crippen molar-refractivity contribution in [2.45, 2.75) is 109 Å². The third kappa shape index (κ3) is 7.01. The molecule has 10 atom stereocenters. The van der Waals surface area contributed by atoms with E-state index in [9.17, 15) is 34.2 Å². The molecule has 2 bridgehead atoms. The summed E-state index contributed by atoms with van der Waals surface area (Å²) >= 11 is 0. The maximum atomic E-state index is 15.4. The number of esters is 4. The van der Waals surface area contributed by atoms with Crippen LogP contribution in [-0.2, 0) is 42.9 Å². The second-order valence-electron chi connectivity index (χ2n) is 16.9. The van der Waals surface area contributed by atoms with E-state index < -0.39 is 107 Å². The molecule has 3 aromatic rings.